The van der Waals surface area contributed by atoms with E-state index in [2.05, 4.69) is 0 Å². The van der Waals surface area contributed by atoms with Crippen LogP contribution in [0.3, 0.4) is 0 Å². The van der Waals surface area contributed by atoms with Gasteiger partial charge in [-0.2, -0.15) is 0 Å². The number of hydrogen-bond acceptors (Lipinski definition) is 4. The maximum Gasteiger partial charge on any atom is 0.181 e. The molecular weight excluding hydrogens is 238 g/mol. The monoisotopic (exact) mass is 249 g/mol. The van der Waals surface area contributed by atoms with E-state index < -0.39 is 9.84 Å². The Hall–Kier alpha value is -0.940. The Labute approximate surface area is 93.9 Å². The second kappa shape index (κ2) is 4.28. The van der Waals surface area contributed by atoms with Gasteiger partial charge in [-0.15, -0.1) is 0 Å². The summed E-state index contributed by atoms with van der Waals surface area (Å²) in [6.07, 6.45) is 0. The summed E-state index contributed by atoms with van der Waals surface area (Å²) < 4.78 is 28.3. The molecule has 84 valence electrons. The predicted octanol–water partition coefficient (Wildman–Crippen LogP) is 1.72. The van der Waals surface area contributed by atoms with Gasteiger partial charge in [0.25, 0.3) is 0 Å². The molecule has 0 radical (unpaired) electrons. The van der Waals surface area contributed by atoms with Crippen LogP contribution in [0.1, 0.15) is 6.92 Å². The minimum Gasteiger partial charge on any atom is -0.494 e. The average Bonchev–Trinajstić information content (AvgIpc) is 2.21. The molecule has 15 heavy (non-hydrogen) atoms. The molecule has 0 fully saturated rings. The number of nitrogens with two attached hydrogens (primary N) is 1. The zero-order valence-electron chi connectivity index (χ0n) is 8.45. The Bertz CT molecular complexity index is 470. The second-order valence-electron chi connectivity index (χ2n) is 2.90. The first-order chi connectivity index (χ1) is 6.94. The van der Waals surface area contributed by atoms with Crippen LogP contribution >= 0.6 is 11.6 Å². The lowest BCUT2D eigenvalue weighted by Gasteiger charge is -2.11. The van der Waals surface area contributed by atoms with Gasteiger partial charge in [0.1, 0.15) is 9.92 Å². The molecule has 0 unspecified atom stereocenters. The molecule has 0 amide bonds. The van der Waals surface area contributed by atoms with E-state index in [0.29, 0.717) is 5.69 Å². The van der Waals surface area contributed by atoms with Gasteiger partial charge in [-0.05, 0) is 12.1 Å². The van der Waals surface area contributed by atoms with E-state index in [9.17, 15) is 8.42 Å². The van der Waals surface area contributed by atoms with Crippen molar-refractivity contribution in [2.45, 2.75) is 11.8 Å². The number of benzene rings is 1. The van der Waals surface area contributed by atoms with Crippen molar-refractivity contribution >= 4 is 27.1 Å². The van der Waals surface area contributed by atoms with Crippen molar-refractivity contribution < 1.29 is 13.2 Å². The number of anilines is 1. The predicted molar refractivity (Wildman–Crippen MR) is 60.1 cm³/mol. The molecule has 0 atom stereocenters. The third-order valence-electron chi connectivity index (χ3n) is 2.01. The van der Waals surface area contributed by atoms with Crippen molar-refractivity contribution in [1.82, 2.24) is 0 Å². The number of sulfone groups is 1. The molecule has 0 spiro atoms. The van der Waals surface area contributed by atoms with Crippen LogP contribution in [0.15, 0.2) is 17.0 Å². The molecule has 0 aliphatic carbocycles. The largest absolute Gasteiger partial charge is 0.494 e. The average molecular weight is 250 g/mol. The molecule has 4 nitrogen and oxygen atoms in total. The highest BCUT2D eigenvalue weighted by Gasteiger charge is 2.20. The summed E-state index contributed by atoms with van der Waals surface area (Å²) >= 11 is 5.85. The summed E-state index contributed by atoms with van der Waals surface area (Å²) in [7, 11) is -1.99. The maximum atomic E-state index is 11.7. The van der Waals surface area contributed by atoms with Gasteiger partial charge in [0.2, 0.25) is 0 Å². The number of nitrogen functional groups attached to an aromatic ring is 1. The lowest BCUT2D eigenvalue weighted by molar-refractivity contribution is 0.403. The first-order valence-corrected chi connectivity index (χ1v) is 6.31. The minimum absolute atomic E-state index is 0.0103. The fraction of sp³-hybridized carbons (Fsp3) is 0.333. The lowest BCUT2D eigenvalue weighted by Crippen LogP contribution is -2.07. The van der Waals surface area contributed by atoms with Crippen molar-refractivity contribution in [1.29, 1.82) is 0 Å². The van der Waals surface area contributed by atoms with Gasteiger partial charge in [-0.25, -0.2) is 8.42 Å². The number of ether oxygens (including phenoxy) is 1. The molecule has 0 heterocycles. The van der Waals surface area contributed by atoms with E-state index in [-0.39, 0.29) is 21.4 Å². The number of methoxy groups -OCH3 is 1. The van der Waals surface area contributed by atoms with Crippen LogP contribution < -0.4 is 10.5 Å². The van der Waals surface area contributed by atoms with Gasteiger partial charge in [-0.1, -0.05) is 18.5 Å². The van der Waals surface area contributed by atoms with Crippen molar-refractivity contribution in [2.24, 2.45) is 0 Å². The molecule has 0 aliphatic heterocycles. The maximum absolute atomic E-state index is 11.7. The molecular formula is C9H12ClNO3S. The van der Waals surface area contributed by atoms with E-state index >= 15 is 0 Å². The highest BCUT2D eigenvalue weighted by Crippen LogP contribution is 2.36. The third kappa shape index (κ3) is 2.18. The van der Waals surface area contributed by atoms with Gasteiger partial charge in [-0.3, -0.25) is 0 Å². The van der Waals surface area contributed by atoms with Crippen molar-refractivity contribution in [2.75, 3.05) is 18.6 Å². The normalized spacial score (nSPS) is 11.4. The Morgan fingerprint density at radius 2 is 2.07 bits per heavy atom. The summed E-state index contributed by atoms with van der Waals surface area (Å²) in [5.41, 5.74) is 5.84. The molecule has 1 aromatic carbocycles. The highest BCUT2D eigenvalue weighted by atomic mass is 35.5. The van der Waals surface area contributed by atoms with Crippen molar-refractivity contribution in [3.8, 4) is 5.75 Å². The quantitative estimate of drug-likeness (QED) is 0.829. The first kappa shape index (κ1) is 12.1. The SMILES string of the molecule is CCS(=O)(=O)c1ccc(N)c(Cl)c1OC. The molecule has 0 bridgehead atoms. The summed E-state index contributed by atoms with van der Waals surface area (Å²) in [5.74, 6) is 0.0994. The topological polar surface area (TPSA) is 69.4 Å². The molecule has 1 aromatic rings. The number of halogens is 1. The fourth-order valence-corrected chi connectivity index (χ4v) is 2.50. The molecule has 0 aliphatic rings. The van der Waals surface area contributed by atoms with Crippen LogP contribution in [0.25, 0.3) is 0 Å². The number of rotatable bonds is 3. The molecule has 1 rings (SSSR count). The van der Waals surface area contributed by atoms with Gasteiger partial charge < -0.3 is 10.5 Å². The van der Waals surface area contributed by atoms with Crippen LogP contribution in [-0.4, -0.2) is 21.3 Å². The van der Waals surface area contributed by atoms with E-state index in [1.807, 2.05) is 0 Å². The molecule has 0 aromatic heterocycles. The molecule has 0 saturated carbocycles. The van der Waals surface area contributed by atoms with Crippen LogP contribution in [0.2, 0.25) is 5.02 Å². The molecule has 2 N–H and O–H groups in total. The van der Waals surface area contributed by atoms with E-state index in [0.717, 1.165) is 0 Å². The van der Waals surface area contributed by atoms with Crippen LogP contribution in [0, 0.1) is 0 Å². The van der Waals surface area contributed by atoms with Crippen LogP contribution in [-0.2, 0) is 9.84 Å². The Balaban J connectivity index is 3.51. The summed E-state index contributed by atoms with van der Waals surface area (Å²) in [6, 6.07) is 2.85. The van der Waals surface area contributed by atoms with Gasteiger partial charge in [0.15, 0.2) is 15.6 Å². The summed E-state index contributed by atoms with van der Waals surface area (Å²) in [5, 5.41) is 0.132. The standard InChI is InChI=1S/C9H12ClNO3S/c1-3-15(12,13)7-5-4-6(11)8(10)9(7)14-2/h4-5H,3,11H2,1-2H3. The smallest absolute Gasteiger partial charge is 0.181 e. The van der Waals surface area contributed by atoms with E-state index in [1.165, 1.54) is 19.2 Å². The van der Waals surface area contributed by atoms with Crippen molar-refractivity contribution in [3.05, 3.63) is 17.2 Å². The third-order valence-corrected chi connectivity index (χ3v) is 4.15. The zero-order chi connectivity index (χ0) is 11.6. The Kier molecular flexibility index (Phi) is 3.46. The van der Waals surface area contributed by atoms with Crippen LogP contribution in [0.5, 0.6) is 5.75 Å². The zero-order valence-corrected chi connectivity index (χ0v) is 10.0. The van der Waals surface area contributed by atoms with E-state index in [4.69, 9.17) is 22.1 Å². The van der Waals surface area contributed by atoms with Gasteiger partial charge in [0.05, 0.1) is 18.6 Å². The van der Waals surface area contributed by atoms with Gasteiger partial charge >= 0.3 is 0 Å². The fourth-order valence-electron chi connectivity index (χ4n) is 1.14. The number of hydrogen-bond donors (Lipinski definition) is 1. The highest BCUT2D eigenvalue weighted by molar-refractivity contribution is 7.91. The van der Waals surface area contributed by atoms with E-state index in [1.54, 1.807) is 6.92 Å². The van der Waals surface area contributed by atoms with Crippen LogP contribution in [0.4, 0.5) is 5.69 Å². The van der Waals surface area contributed by atoms with Gasteiger partial charge in [0, 0.05) is 0 Å². The summed E-state index contributed by atoms with van der Waals surface area (Å²) in [6.45, 7) is 1.55. The molecule has 6 heteroatoms. The molecule has 0 saturated heterocycles. The second-order valence-corrected chi connectivity index (χ2v) is 5.53. The minimum atomic E-state index is -3.35. The lowest BCUT2D eigenvalue weighted by atomic mass is 10.3. The first-order valence-electron chi connectivity index (χ1n) is 4.28. The Morgan fingerprint density at radius 1 is 1.47 bits per heavy atom. The van der Waals surface area contributed by atoms with Crippen molar-refractivity contribution in [3.63, 3.8) is 0 Å². The summed E-state index contributed by atoms with van der Waals surface area (Å²) in [4.78, 5) is 0.0756. The Morgan fingerprint density at radius 3 is 2.53 bits per heavy atom.